The third kappa shape index (κ3) is 5.24. The molecule has 0 aromatic heterocycles. The van der Waals surface area contributed by atoms with Crippen LogP contribution in [0, 0.1) is 0 Å². The van der Waals surface area contributed by atoms with E-state index < -0.39 is 0 Å². The number of amides is 1. The van der Waals surface area contributed by atoms with Gasteiger partial charge in [-0.2, -0.15) is 0 Å². The van der Waals surface area contributed by atoms with Crippen molar-refractivity contribution in [3.8, 4) is 0 Å². The van der Waals surface area contributed by atoms with Crippen molar-refractivity contribution in [2.75, 3.05) is 11.9 Å². The predicted molar refractivity (Wildman–Crippen MR) is 89.6 cm³/mol. The first kappa shape index (κ1) is 16.7. The SMILES string of the molecule is O=C(CNc1c(Cl)cc(Cl)cc1Cl)NC1CCCCCC1. The van der Waals surface area contributed by atoms with Crippen molar-refractivity contribution in [1.82, 2.24) is 5.32 Å². The Morgan fingerprint density at radius 2 is 1.62 bits per heavy atom. The largest absolute Gasteiger partial charge is 0.374 e. The fraction of sp³-hybridized carbons (Fsp3) is 0.533. The highest BCUT2D eigenvalue weighted by atomic mass is 35.5. The van der Waals surface area contributed by atoms with Crippen LogP contribution in [-0.2, 0) is 4.79 Å². The van der Waals surface area contributed by atoms with Crippen LogP contribution in [0.1, 0.15) is 38.5 Å². The van der Waals surface area contributed by atoms with Gasteiger partial charge in [-0.1, -0.05) is 60.5 Å². The normalized spacial score (nSPS) is 16.3. The van der Waals surface area contributed by atoms with Gasteiger partial charge in [0.05, 0.1) is 22.3 Å². The Kier molecular flexibility index (Phi) is 6.46. The summed E-state index contributed by atoms with van der Waals surface area (Å²) in [5.41, 5.74) is 0.541. The summed E-state index contributed by atoms with van der Waals surface area (Å²) in [5, 5.41) is 7.34. The highest BCUT2D eigenvalue weighted by Crippen LogP contribution is 2.33. The molecule has 0 heterocycles. The highest BCUT2D eigenvalue weighted by molar-refractivity contribution is 6.41. The molecule has 1 saturated carbocycles. The highest BCUT2D eigenvalue weighted by Gasteiger charge is 2.15. The van der Waals surface area contributed by atoms with Gasteiger partial charge in [-0.05, 0) is 25.0 Å². The van der Waals surface area contributed by atoms with Gasteiger partial charge in [0, 0.05) is 11.1 Å². The van der Waals surface area contributed by atoms with Gasteiger partial charge in [0.2, 0.25) is 5.91 Å². The lowest BCUT2D eigenvalue weighted by Crippen LogP contribution is -2.38. The van der Waals surface area contributed by atoms with Crippen molar-refractivity contribution in [3.63, 3.8) is 0 Å². The molecule has 1 amide bonds. The molecule has 0 saturated heterocycles. The van der Waals surface area contributed by atoms with Gasteiger partial charge >= 0.3 is 0 Å². The fourth-order valence-corrected chi connectivity index (χ4v) is 3.53. The summed E-state index contributed by atoms with van der Waals surface area (Å²) < 4.78 is 0. The van der Waals surface area contributed by atoms with Crippen LogP contribution < -0.4 is 10.6 Å². The molecule has 2 rings (SSSR count). The second-order valence-electron chi connectivity index (χ2n) is 5.35. The van der Waals surface area contributed by atoms with Crippen molar-refractivity contribution in [3.05, 3.63) is 27.2 Å². The van der Waals surface area contributed by atoms with E-state index in [-0.39, 0.29) is 18.5 Å². The zero-order valence-corrected chi connectivity index (χ0v) is 14.0. The second-order valence-corrected chi connectivity index (χ2v) is 6.60. The average molecular weight is 350 g/mol. The van der Waals surface area contributed by atoms with E-state index in [1.165, 1.54) is 25.7 Å². The van der Waals surface area contributed by atoms with Crippen LogP contribution in [0.2, 0.25) is 15.1 Å². The molecule has 116 valence electrons. The summed E-state index contributed by atoms with van der Waals surface area (Å²) in [6, 6.07) is 3.49. The monoisotopic (exact) mass is 348 g/mol. The van der Waals surface area contributed by atoms with Crippen LogP contribution in [0.25, 0.3) is 0 Å². The van der Waals surface area contributed by atoms with Crippen LogP contribution in [-0.4, -0.2) is 18.5 Å². The molecule has 0 bridgehead atoms. The van der Waals surface area contributed by atoms with Gasteiger partial charge in [0.25, 0.3) is 0 Å². The molecule has 6 heteroatoms. The number of hydrogen-bond donors (Lipinski definition) is 2. The topological polar surface area (TPSA) is 41.1 Å². The summed E-state index contributed by atoms with van der Waals surface area (Å²) in [7, 11) is 0. The zero-order valence-electron chi connectivity index (χ0n) is 11.7. The summed E-state index contributed by atoms with van der Waals surface area (Å²) in [6.07, 6.45) is 7.03. The maximum atomic E-state index is 12.0. The molecular weight excluding hydrogens is 331 g/mol. The van der Waals surface area contributed by atoms with E-state index in [0.717, 1.165) is 12.8 Å². The number of halogens is 3. The number of hydrogen-bond acceptors (Lipinski definition) is 2. The van der Waals surface area contributed by atoms with Gasteiger partial charge in [-0.15, -0.1) is 0 Å². The minimum Gasteiger partial charge on any atom is -0.374 e. The van der Waals surface area contributed by atoms with Crippen LogP contribution in [0.4, 0.5) is 5.69 Å². The Balaban J connectivity index is 1.86. The van der Waals surface area contributed by atoms with Gasteiger partial charge in [-0.3, -0.25) is 4.79 Å². The first-order valence-electron chi connectivity index (χ1n) is 7.24. The molecule has 0 aliphatic heterocycles. The van der Waals surface area contributed by atoms with Crippen LogP contribution in [0.15, 0.2) is 12.1 Å². The van der Waals surface area contributed by atoms with E-state index in [0.29, 0.717) is 20.8 Å². The van der Waals surface area contributed by atoms with Crippen molar-refractivity contribution in [1.29, 1.82) is 0 Å². The summed E-state index contributed by atoms with van der Waals surface area (Å²) in [6.45, 7) is 0.150. The Labute approximate surface area is 140 Å². The number of nitrogens with one attached hydrogen (secondary N) is 2. The minimum atomic E-state index is -0.0380. The average Bonchev–Trinajstić information content (AvgIpc) is 2.66. The van der Waals surface area contributed by atoms with Crippen molar-refractivity contribution < 1.29 is 4.79 Å². The van der Waals surface area contributed by atoms with Crippen molar-refractivity contribution in [2.24, 2.45) is 0 Å². The maximum Gasteiger partial charge on any atom is 0.239 e. The van der Waals surface area contributed by atoms with Gasteiger partial charge in [0.15, 0.2) is 0 Å². The predicted octanol–water partition coefficient (Wildman–Crippen LogP) is 4.90. The van der Waals surface area contributed by atoms with E-state index in [9.17, 15) is 4.79 Å². The van der Waals surface area contributed by atoms with Crippen molar-refractivity contribution >= 4 is 46.4 Å². The lowest BCUT2D eigenvalue weighted by molar-refractivity contribution is -0.120. The lowest BCUT2D eigenvalue weighted by Gasteiger charge is -2.17. The Bertz CT molecular complexity index is 477. The first-order chi connectivity index (χ1) is 10.1. The molecule has 0 unspecified atom stereocenters. The molecule has 1 aliphatic rings. The fourth-order valence-electron chi connectivity index (χ4n) is 2.58. The summed E-state index contributed by atoms with van der Waals surface area (Å²) in [5.74, 6) is -0.0380. The summed E-state index contributed by atoms with van der Waals surface area (Å²) >= 11 is 18.0. The van der Waals surface area contributed by atoms with Gasteiger partial charge in [-0.25, -0.2) is 0 Å². The number of carbonyl (C=O) groups is 1. The third-order valence-corrected chi connectivity index (χ3v) is 4.47. The van der Waals surface area contributed by atoms with Gasteiger partial charge < -0.3 is 10.6 Å². The third-order valence-electron chi connectivity index (χ3n) is 3.65. The zero-order chi connectivity index (χ0) is 15.2. The molecule has 1 aromatic carbocycles. The van der Waals surface area contributed by atoms with Crippen LogP contribution in [0.5, 0.6) is 0 Å². The number of benzene rings is 1. The molecular formula is C15H19Cl3N2O. The standard InChI is InChI=1S/C15H19Cl3N2O/c16-10-7-12(17)15(13(18)8-10)19-9-14(21)20-11-5-3-1-2-4-6-11/h7-8,11,19H,1-6,9H2,(H,20,21). The second kappa shape index (κ2) is 8.11. The molecule has 0 atom stereocenters. The molecule has 2 N–H and O–H groups in total. The first-order valence-corrected chi connectivity index (χ1v) is 8.37. The Morgan fingerprint density at radius 3 is 2.19 bits per heavy atom. The van der Waals surface area contributed by atoms with E-state index >= 15 is 0 Å². The van der Waals surface area contributed by atoms with Gasteiger partial charge in [0.1, 0.15) is 0 Å². The van der Waals surface area contributed by atoms with Crippen LogP contribution >= 0.6 is 34.8 Å². The quantitative estimate of drug-likeness (QED) is 0.759. The summed E-state index contributed by atoms with van der Waals surface area (Å²) in [4.78, 5) is 12.0. The number of rotatable bonds is 4. The number of carbonyl (C=O) groups excluding carboxylic acids is 1. The lowest BCUT2D eigenvalue weighted by atomic mass is 10.1. The molecule has 1 aromatic rings. The molecule has 21 heavy (non-hydrogen) atoms. The minimum absolute atomic E-state index is 0.0380. The van der Waals surface area contributed by atoms with E-state index in [1.807, 2.05) is 0 Å². The Hall–Kier alpha value is -0.640. The molecule has 3 nitrogen and oxygen atoms in total. The molecule has 0 spiro atoms. The number of anilines is 1. The Morgan fingerprint density at radius 1 is 1.05 bits per heavy atom. The smallest absolute Gasteiger partial charge is 0.239 e. The van der Waals surface area contributed by atoms with E-state index in [2.05, 4.69) is 10.6 Å². The molecule has 1 aliphatic carbocycles. The van der Waals surface area contributed by atoms with E-state index in [1.54, 1.807) is 12.1 Å². The van der Waals surface area contributed by atoms with Crippen molar-refractivity contribution in [2.45, 2.75) is 44.6 Å². The maximum absolute atomic E-state index is 12.0. The molecule has 1 fully saturated rings. The van der Waals surface area contributed by atoms with E-state index in [4.69, 9.17) is 34.8 Å². The van der Waals surface area contributed by atoms with Crippen LogP contribution in [0.3, 0.4) is 0 Å². The molecule has 0 radical (unpaired) electrons.